The summed E-state index contributed by atoms with van der Waals surface area (Å²) in [5.74, 6) is -2.42. The number of para-hydroxylation sites is 1. The number of rotatable bonds is 1. The van der Waals surface area contributed by atoms with Crippen LogP contribution in [0.1, 0.15) is 5.56 Å². The zero-order valence-electron chi connectivity index (χ0n) is 7.31. The number of halogens is 2. The molecule has 2 rings (SSSR count). The molecule has 1 nitrogen and oxygen atoms in total. The quantitative estimate of drug-likeness (QED) is 0.594. The van der Waals surface area contributed by atoms with Gasteiger partial charge in [-0.15, -0.1) is 0 Å². The summed E-state index contributed by atoms with van der Waals surface area (Å²) in [5, 5.41) is 0. The van der Waals surface area contributed by atoms with Gasteiger partial charge in [0.25, 0.3) is 0 Å². The molecular weight excluding hydrogens is 173 g/mol. The van der Waals surface area contributed by atoms with Gasteiger partial charge in [0, 0.05) is 0 Å². The van der Waals surface area contributed by atoms with Crippen molar-refractivity contribution in [2.45, 2.75) is 12.7 Å². The first kappa shape index (κ1) is 8.54. The van der Waals surface area contributed by atoms with Crippen molar-refractivity contribution in [3.05, 3.63) is 23.8 Å². The molecule has 1 aromatic rings. The number of hydrogen-bond acceptors (Lipinski definition) is 1. The summed E-state index contributed by atoms with van der Waals surface area (Å²) in [6, 6.07) is 4.90. The van der Waals surface area contributed by atoms with Crippen LogP contribution in [0, 0.1) is 0 Å². The van der Waals surface area contributed by atoms with Crippen LogP contribution in [-0.4, -0.2) is 13.9 Å². The Bertz CT molecular complexity index is 338. The molecule has 1 aromatic carbocycles. The molecule has 0 bridgehead atoms. The van der Waals surface area contributed by atoms with E-state index in [2.05, 4.69) is 0 Å². The summed E-state index contributed by atoms with van der Waals surface area (Å²) in [6.07, 6.45) is 0. The van der Waals surface area contributed by atoms with Crippen molar-refractivity contribution in [2.24, 2.45) is 0 Å². The van der Waals surface area contributed by atoms with Crippen LogP contribution in [0.15, 0.2) is 18.2 Å². The maximum Gasteiger partial charge on any atom is 0.310 e. The topological polar surface area (TPSA) is 9.23 Å². The van der Waals surface area contributed by atoms with Crippen molar-refractivity contribution in [3.8, 4) is 5.75 Å². The van der Waals surface area contributed by atoms with Gasteiger partial charge in [0.2, 0.25) is 0 Å². The van der Waals surface area contributed by atoms with E-state index in [1.54, 1.807) is 6.07 Å². The molecule has 0 fully saturated rings. The van der Waals surface area contributed by atoms with Crippen molar-refractivity contribution in [1.29, 1.82) is 0 Å². The maximum absolute atomic E-state index is 13.1. The van der Waals surface area contributed by atoms with E-state index >= 15 is 0 Å². The monoisotopic (exact) mass is 182 g/mol. The molecule has 0 unspecified atom stereocenters. The van der Waals surface area contributed by atoms with Crippen LogP contribution < -0.4 is 10.2 Å². The first-order chi connectivity index (χ1) is 6.15. The Morgan fingerprint density at radius 1 is 1.46 bits per heavy atom. The van der Waals surface area contributed by atoms with E-state index in [1.807, 2.05) is 12.9 Å². The van der Waals surface area contributed by atoms with Crippen LogP contribution >= 0.6 is 0 Å². The van der Waals surface area contributed by atoms with E-state index in [0.717, 1.165) is 12.7 Å². The van der Waals surface area contributed by atoms with Gasteiger partial charge in [0.1, 0.15) is 5.75 Å². The first-order valence-electron chi connectivity index (χ1n) is 4.28. The lowest BCUT2D eigenvalue weighted by Crippen LogP contribution is -2.14. The molecule has 13 heavy (non-hydrogen) atoms. The highest BCUT2D eigenvalue weighted by molar-refractivity contribution is 6.53. The van der Waals surface area contributed by atoms with Gasteiger partial charge in [-0.25, -0.2) is 0 Å². The van der Waals surface area contributed by atoms with Crippen LogP contribution in [0.25, 0.3) is 0 Å². The fourth-order valence-electron chi connectivity index (χ4n) is 1.56. The maximum atomic E-state index is 13.1. The minimum Gasteiger partial charge on any atom is -0.487 e. The molecule has 0 saturated heterocycles. The van der Waals surface area contributed by atoms with Crippen molar-refractivity contribution >= 4 is 12.7 Å². The molecule has 0 radical (unpaired) electrons. The highest BCUT2D eigenvalue weighted by Crippen LogP contribution is 2.39. The Morgan fingerprint density at radius 2 is 2.23 bits per heavy atom. The van der Waals surface area contributed by atoms with E-state index in [0.29, 0.717) is 5.75 Å². The first-order valence-corrected chi connectivity index (χ1v) is 4.28. The van der Waals surface area contributed by atoms with Gasteiger partial charge in [0.15, 0.2) is 13.9 Å². The second kappa shape index (κ2) is 2.72. The molecule has 0 aromatic heterocycles. The van der Waals surface area contributed by atoms with Crippen LogP contribution in [0.5, 0.6) is 5.75 Å². The van der Waals surface area contributed by atoms with Crippen LogP contribution in [-0.2, 0) is 5.92 Å². The molecule has 4 heteroatoms. The van der Waals surface area contributed by atoms with Gasteiger partial charge >= 0.3 is 5.92 Å². The molecule has 1 heterocycles. The van der Waals surface area contributed by atoms with Crippen LogP contribution in [0.3, 0.4) is 0 Å². The van der Waals surface area contributed by atoms with Crippen LogP contribution in [0.2, 0.25) is 6.82 Å². The average molecular weight is 182 g/mol. The molecule has 0 aliphatic carbocycles. The number of ether oxygens (including phenoxy) is 1. The Labute approximate surface area is 76.0 Å². The second-order valence-corrected chi connectivity index (χ2v) is 3.14. The molecule has 1 aliphatic heterocycles. The summed E-state index contributed by atoms with van der Waals surface area (Å²) in [4.78, 5) is 0. The lowest BCUT2D eigenvalue weighted by Gasteiger charge is -2.06. The minimum atomic E-state index is -2.81. The standard InChI is InChI=1S/C9H9BF2O/c1-10-7-4-2-3-6-8(7)13-5-9(6,11)12/h2-4,10H,5H2,1H3. The number of fused-ring (bicyclic) bond motifs is 1. The summed E-state index contributed by atoms with van der Waals surface area (Å²) in [6.45, 7) is 1.41. The molecule has 0 amide bonds. The molecule has 0 saturated carbocycles. The molecule has 0 spiro atoms. The Hall–Kier alpha value is -1.06. The van der Waals surface area contributed by atoms with Gasteiger partial charge in [-0.3, -0.25) is 0 Å². The van der Waals surface area contributed by atoms with Crippen molar-refractivity contribution in [2.75, 3.05) is 6.61 Å². The Balaban J connectivity index is 2.56. The molecule has 0 N–H and O–H groups in total. The SMILES string of the molecule is CBc1cccc2c1OCC2(F)F. The highest BCUT2D eigenvalue weighted by atomic mass is 19.3. The Kier molecular flexibility index (Phi) is 1.79. The average Bonchev–Trinajstić information content (AvgIpc) is 2.43. The third-order valence-corrected chi connectivity index (χ3v) is 2.27. The number of alkyl halides is 2. The third kappa shape index (κ3) is 1.21. The highest BCUT2D eigenvalue weighted by Gasteiger charge is 2.41. The van der Waals surface area contributed by atoms with Crippen LogP contribution in [0.4, 0.5) is 8.78 Å². The number of benzene rings is 1. The molecule has 0 atom stereocenters. The van der Waals surface area contributed by atoms with Gasteiger partial charge in [-0.2, -0.15) is 8.78 Å². The second-order valence-electron chi connectivity index (χ2n) is 3.14. The fraction of sp³-hybridized carbons (Fsp3) is 0.333. The summed E-state index contributed by atoms with van der Waals surface area (Å²) >= 11 is 0. The normalized spacial score (nSPS) is 17.8. The summed E-state index contributed by atoms with van der Waals surface area (Å²) in [5.41, 5.74) is 0.890. The van der Waals surface area contributed by atoms with E-state index < -0.39 is 12.5 Å². The molecular formula is C9H9BF2O. The zero-order valence-corrected chi connectivity index (χ0v) is 7.31. The largest absolute Gasteiger partial charge is 0.487 e. The van der Waals surface area contributed by atoms with Crippen molar-refractivity contribution in [3.63, 3.8) is 0 Å². The minimum absolute atomic E-state index is 0.0341. The van der Waals surface area contributed by atoms with E-state index in [9.17, 15) is 8.78 Å². The number of hydrogen-bond donors (Lipinski definition) is 0. The van der Waals surface area contributed by atoms with E-state index in [1.165, 1.54) is 6.07 Å². The lowest BCUT2D eigenvalue weighted by molar-refractivity contribution is -0.0213. The smallest absolute Gasteiger partial charge is 0.310 e. The van der Waals surface area contributed by atoms with E-state index in [4.69, 9.17) is 4.74 Å². The predicted octanol–water partition coefficient (Wildman–Crippen LogP) is 1.28. The molecule has 1 aliphatic rings. The van der Waals surface area contributed by atoms with E-state index in [-0.39, 0.29) is 5.56 Å². The van der Waals surface area contributed by atoms with Gasteiger partial charge in [0.05, 0.1) is 5.56 Å². The summed E-state index contributed by atoms with van der Waals surface area (Å²) in [7, 11) is 0.721. The van der Waals surface area contributed by atoms with Crippen molar-refractivity contribution in [1.82, 2.24) is 0 Å². The van der Waals surface area contributed by atoms with Crippen molar-refractivity contribution < 1.29 is 13.5 Å². The zero-order chi connectivity index (χ0) is 9.47. The van der Waals surface area contributed by atoms with Gasteiger partial charge in [-0.1, -0.05) is 19.0 Å². The summed E-state index contributed by atoms with van der Waals surface area (Å²) < 4.78 is 31.2. The Morgan fingerprint density at radius 3 is 2.92 bits per heavy atom. The molecule has 68 valence electrons. The van der Waals surface area contributed by atoms with Gasteiger partial charge < -0.3 is 4.74 Å². The third-order valence-electron chi connectivity index (χ3n) is 2.27. The van der Waals surface area contributed by atoms with Gasteiger partial charge in [-0.05, 0) is 11.5 Å². The lowest BCUT2D eigenvalue weighted by atomic mass is 9.72. The predicted molar refractivity (Wildman–Crippen MR) is 48.5 cm³/mol. The fourth-order valence-corrected chi connectivity index (χ4v) is 1.56.